The van der Waals surface area contributed by atoms with Gasteiger partial charge >= 0.3 is 12.2 Å². The van der Waals surface area contributed by atoms with Crippen molar-refractivity contribution in [3.05, 3.63) is 77.9 Å². The molecule has 1 amide bonds. The summed E-state index contributed by atoms with van der Waals surface area (Å²) in [6.07, 6.45) is -4.44. The SMILES string of the molecule is COc1nc(-c2ccc(C(F)(F)F)cc2)n(-c2ccc(NC(=O)c3ccc4c(c3)OCO4)cc2)n1. The lowest BCUT2D eigenvalue weighted by molar-refractivity contribution is -0.137. The number of benzene rings is 3. The number of nitrogens with one attached hydrogen (secondary N) is 1. The number of anilines is 1. The number of aromatic nitrogens is 3. The van der Waals surface area contributed by atoms with Crippen LogP contribution in [0.1, 0.15) is 15.9 Å². The number of rotatable bonds is 5. The van der Waals surface area contributed by atoms with Gasteiger partial charge in [-0.15, -0.1) is 5.10 Å². The van der Waals surface area contributed by atoms with Crippen LogP contribution in [0.15, 0.2) is 66.7 Å². The Morgan fingerprint density at radius 3 is 2.40 bits per heavy atom. The molecule has 0 saturated heterocycles. The van der Waals surface area contributed by atoms with E-state index in [1.807, 2.05) is 0 Å². The zero-order chi connectivity index (χ0) is 24.6. The molecule has 11 heteroatoms. The standard InChI is InChI=1S/C24H17F3N4O4/c1-33-23-29-21(14-2-5-16(6-3-14)24(25,26)27)31(30-23)18-9-7-17(8-10-18)28-22(32)15-4-11-19-20(12-15)35-13-34-19/h2-12H,13H2,1H3,(H,28,32). The highest BCUT2D eigenvalue weighted by molar-refractivity contribution is 6.04. The molecule has 4 aromatic rings. The second kappa shape index (κ2) is 8.67. The van der Waals surface area contributed by atoms with E-state index in [2.05, 4.69) is 15.4 Å². The van der Waals surface area contributed by atoms with Gasteiger partial charge < -0.3 is 19.5 Å². The van der Waals surface area contributed by atoms with E-state index in [0.29, 0.717) is 39.8 Å². The van der Waals surface area contributed by atoms with E-state index in [9.17, 15) is 18.0 Å². The van der Waals surface area contributed by atoms with Gasteiger partial charge in [0, 0.05) is 16.8 Å². The third-order valence-electron chi connectivity index (χ3n) is 5.25. The van der Waals surface area contributed by atoms with Crippen molar-refractivity contribution in [3.8, 4) is 34.6 Å². The van der Waals surface area contributed by atoms with Gasteiger partial charge in [0.2, 0.25) is 6.79 Å². The number of hydrogen-bond acceptors (Lipinski definition) is 6. The Kier molecular flexibility index (Phi) is 5.51. The predicted octanol–water partition coefficient (Wildman–Crippen LogP) is 4.94. The second-order valence-electron chi connectivity index (χ2n) is 7.48. The van der Waals surface area contributed by atoms with Crippen LogP contribution in [0.4, 0.5) is 18.9 Å². The third-order valence-corrected chi connectivity index (χ3v) is 5.25. The first-order chi connectivity index (χ1) is 16.8. The van der Waals surface area contributed by atoms with Gasteiger partial charge in [0.1, 0.15) is 0 Å². The molecule has 5 rings (SSSR count). The first-order valence-electron chi connectivity index (χ1n) is 10.3. The quantitative estimate of drug-likeness (QED) is 0.434. The molecule has 2 heterocycles. The Morgan fingerprint density at radius 2 is 1.71 bits per heavy atom. The highest BCUT2D eigenvalue weighted by atomic mass is 19.4. The van der Waals surface area contributed by atoms with E-state index in [4.69, 9.17) is 14.2 Å². The summed E-state index contributed by atoms with van der Waals surface area (Å²) in [5.74, 6) is 1.05. The minimum atomic E-state index is -4.44. The van der Waals surface area contributed by atoms with E-state index in [1.165, 1.54) is 23.9 Å². The minimum Gasteiger partial charge on any atom is -0.466 e. The summed E-state index contributed by atoms with van der Waals surface area (Å²) in [6.45, 7) is 0.114. The molecular formula is C24H17F3N4O4. The van der Waals surface area contributed by atoms with Gasteiger partial charge in [0.15, 0.2) is 17.3 Å². The van der Waals surface area contributed by atoms with Crippen LogP contribution in [0.25, 0.3) is 17.1 Å². The average Bonchev–Trinajstić information content (AvgIpc) is 3.51. The van der Waals surface area contributed by atoms with Crippen LogP contribution in [-0.4, -0.2) is 34.6 Å². The Hall–Kier alpha value is -4.54. The van der Waals surface area contributed by atoms with Crippen molar-refractivity contribution in [1.29, 1.82) is 0 Å². The summed E-state index contributed by atoms with van der Waals surface area (Å²) in [7, 11) is 1.39. The van der Waals surface area contributed by atoms with Crippen molar-refractivity contribution in [2.75, 3.05) is 19.2 Å². The molecule has 0 aliphatic carbocycles. The number of carbonyl (C=O) groups excluding carboxylic acids is 1. The number of methoxy groups -OCH3 is 1. The van der Waals surface area contributed by atoms with Crippen molar-refractivity contribution in [1.82, 2.24) is 14.8 Å². The van der Waals surface area contributed by atoms with Crippen LogP contribution in [0.2, 0.25) is 0 Å². The minimum absolute atomic E-state index is 0.0556. The van der Waals surface area contributed by atoms with Gasteiger partial charge in [-0.1, -0.05) is 12.1 Å². The molecule has 0 radical (unpaired) electrons. The number of nitrogens with zero attached hydrogens (tertiary/aromatic N) is 3. The van der Waals surface area contributed by atoms with Gasteiger partial charge in [-0.25, -0.2) is 4.68 Å². The van der Waals surface area contributed by atoms with Crippen LogP contribution < -0.4 is 19.5 Å². The monoisotopic (exact) mass is 482 g/mol. The number of hydrogen-bond donors (Lipinski definition) is 1. The Labute approximate surface area is 196 Å². The van der Waals surface area contributed by atoms with E-state index in [1.54, 1.807) is 42.5 Å². The molecule has 1 N–H and O–H groups in total. The van der Waals surface area contributed by atoms with Gasteiger partial charge in [0.05, 0.1) is 18.4 Å². The highest BCUT2D eigenvalue weighted by Gasteiger charge is 2.30. The van der Waals surface area contributed by atoms with Crippen LogP contribution >= 0.6 is 0 Å². The summed E-state index contributed by atoms with van der Waals surface area (Å²) in [5, 5.41) is 7.07. The van der Waals surface area contributed by atoms with Crippen molar-refractivity contribution in [2.45, 2.75) is 6.18 Å². The summed E-state index contributed by atoms with van der Waals surface area (Å²) in [4.78, 5) is 16.9. The molecule has 35 heavy (non-hydrogen) atoms. The maximum atomic E-state index is 12.9. The Morgan fingerprint density at radius 1 is 1.00 bits per heavy atom. The highest BCUT2D eigenvalue weighted by Crippen LogP contribution is 2.33. The number of fused-ring (bicyclic) bond motifs is 1. The van der Waals surface area contributed by atoms with Crippen LogP contribution in [0, 0.1) is 0 Å². The molecule has 0 saturated carbocycles. The molecule has 8 nitrogen and oxygen atoms in total. The zero-order valence-corrected chi connectivity index (χ0v) is 18.2. The average molecular weight is 482 g/mol. The number of ether oxygens (including phenoxy) is 3. The molecule has 0 atom stereocenters. The van der Waals surface area contributed by atoms with Gasteiger partial charge in [-0.2, -0.15) is 18.2 Å². The largest absolute Gasteiger partial charge is 0.466 e. The first kappa shape index (κ1) is 22.3. The molecule has 1 aliphatic heterocycles. The van der Waals surface area contributed by atoms with E-state index in [0.717, 1.165) is 12.1 Å². The van der Waals surface area contributed by atoms with E-state index in [-0.39, 0.29) is 18.7 Å². The molecule has 3 aromatic carbocycles. The molecule has 0 fully saturated rings. The second-order valence-corrected chi connectivity index (χ2v) is 7.48. The Bertz CT molecular complexity index is 1380. The summed E-state index contributed by atoms with van der Waals surface area (Å²) >= 11 is 0. The molecule has 178 valence electrons. The van der Waals surface area contributed by atoms with Crippen molar-refractivity contribution < 1.29 is 32.2 Å². The fourth-order valence-corrected chi connectivity index (χ4v) is 3.48. The lowest BCUT2D eigenvalue weighted by Crippen LogP contribution is -2.11. The summed E-state index contributed by atoms with van der Waals surface area (Å²) < 4.78 is 55.9. The lowest BCUT2D eigenvalue weighted by Gasteiger charge is -2.10. The topological polar surface area (TPSA) is 87.5 Å². The van der Waals surface area contributed by atoms with Crippen LogP contribution in [-0.2, 0) is 6.18 Å². The van der Waals surface area contributed by atoms with Crippen molar-refractivity contribution in [2.24, 2.45) is 0 Å². The first-order valence-corrected chi connectivity index (χ1v) is 10.3. The molecule has 0 spiro atoms. The molecular weight excluding hydrogens is 465 g/mol. The van der Waals surface area contributed by atoms with Gasteiger partial charge in [0.25, 0.3) is 5.91 Å². The fraction of sp³-hybridized carbons (Fsp3) is 0.125. The van der Waals surface area contributed by atoms with Crippen LogP contribution in [0.3, 0.4) is 0 Å². The maximum absolute atomic E-state index is 12.9. The number of halogens is 3. The molecule has 0 unspecified atom stereocenters. The van der Waals surface area contributed by atoms with Gasteiger partial charge in [-0.3, -0.25) is 4.79 Å². The van der Waals surface area contributed by atoms with Crippen molar-refractivity contribution >= 4 is 11.6 Å². The normalized spacial score (nSPS) is 12.5. The molecule has 1 aliphatic rings. The van der Waals surface area contributed by atoms with Gasteiger partial charge in [-0.05, 0) is 54.6 Å². The maximum Gasteiger partial charge on any atom is 0.416 e. The molecule has 1 aromatic heterocycles. The van der Waals surface area contributed by atoms with Crippen molar-refractivity contribution in [3.63, 3.8) is 0 Å². The summed E-state index contributed by atoms with van der Waals surface area (Å²) in [6, 6.07) is 16.3. The third kappa shape index (κ3) is 4.47. The molecule has 0 bridgehead atoms. The number of carbonyl (C=O) groups is 1. The predicted molar refractivity (Wildman–Crippen MR) is 119 cm³/mol. The fourth-order valence-electron chi connectivity index (χ4n) is 3.48. The summed E-state index contributed by atoms with van der Waals surface area (Å²) in [5.41, 5.74) is 1.16. The number of amides is 1. The smallest absolute Gasteiger partial charge is 0.416 e. The van der Waals surface area contributed by atoms with E-state index < -0.39 is 11.7 Å². The zero-order valence-electron chi connectivity index (χ0n) is 18.2. The Balaban J connectivity index is 1.38. The number of alkyl halides is 3. The van der Waals surface area contributed by atoms with E-state index >= 15 is 0 Å². The lowest BCUT2D eigenvalue weighted by atomic mass is 10.1. The van der Waals surface area contributed by atoms with Crippen LogP contribution in [0.5, 0.6) is 17.5 Å².